The molecule has 2 N–H and O–H groups in total. The molecule has 0 saturated heterocycles. The van der Waals surface area contributed by atoms with E-state index >= 15 is 0 Å². The number of anilines is 1. The molecule has 0 aliphatic heterocycles. The second-order valence-corrected chi connectivity index (χ2v) is 7.40. The van der Waals surface area contributed by atoms with Crippen LogP contribution in [0.5, 0.6) is 11.5 Å². The van der Waals surface area contributed by atoms with E-state index in [0.717, 1.165) is 22.6 Å². The molecule has 0 spiro atoms. The molecule has 5 rings (SSSR count). The van der Waals surface area contributed by atoms with Crippen molar-refractivity contribution >= 4 is 28.5 Å². The van der Waals surface area contributed by atoms with Gasteiger partial charge in [0.15, 0.2) is 5.65 Å². The zero-order valence-corrected chi connectivity index (χ0v) is 17.2. The van der Waals surface area contributed by atoms with Gasteiger partial charge >= 0.3 is 0 Å². The third-order valence-corrected chi connectivity index (χ3v) is 5.31. The largest absolute Gasteiger partial charge is 0.457 e. The molecular formula is C24H18ClN5O. The van der Waals surface area contributed by atoms with E-state index in [1.807, 2.05) is 78.9 Å². The van der Waals surface area contributed by atoms with E-state index in [0.29, 0.717) is 34.1 Å². The molecule has 0 amide bonds. The number of nitrogens with two attached hydrogens (primary N) is 1. The van der Waals surface area contributed by atoms with Crippen molar-refractivity contribution in [2.45, 2.75) is 6.54 Å². The third kappa shape index (κ3) is 3.81. The number of hydrogen-bond acceptors (Lipinski definition) is 5. The number of benzene rings is 3. The predicted octanol–water partition coefficient (Wildman–Crippen LogP) is 5.57. The summed E-state index contributed by atoms with van der Waals surface area (Å²) < 4.78 is 7.69. The lowest BCUT2D eigenvalue weighted by molar-refractivity contribution is 0.483. The SMILES string of the molecule is Nc1ncnc2c1c(-c1ccc(Oc3ccccc3)cc1)nn2Cc1ccccc1Cl. The van der Waals surface area contributed by atoms with E-state index in [9.17, 15) is 0 Å². The van der Waals surface area contributed by atoms with Crippen molar-refractivity contribution in [3.05, 3.63) is 95.8 Å². The van der Waals surface area contributed by atoms with Gasteiger partial charge in [0.2, 0.25) is 0 Å². The first-order valence-corrected chi connectivity index (χ1v) is 10.1. The zero-order chi connectivity index (χ0) is 21.2. The monoisotopic (exact) mass is 427 g/mol. The van der Waals surface area contributed by atoms with Crippen LogP contribution in [0.4, 0.5) is 5.82 Å². The Kier molecular flexibility index (Phi) is 4.98. The summed E-state index contributed by atoms with van der Waals surface area (Å²) in [5.41, 5.74) is 9.42. The summed E-state index contributed by atoms with van der Waals surface area (Å²) >= 11 is 6.35. The van der Waals surface area contributed by atoms with E-state index in [-0.39, 0.29) is 0 Å². The number of ether oxygens (including phenoxy) is 1. The zero-order valence-electron chi connectivity index (χ0n) is 16.4. The Balaban J connectivity index is 1.53. The van der Waals surface area contributed by atoms with Gasteiger partial charge in [-0.25, -0.2) is 14.6 Å². The molecule has 31 heavy (non-hydrogen) atoms. The van der Waals surface area contributed by atoms with Crippen LogP contribution in [0.1, 0.15) is 5.56 Å². The van der Waals surface area contributed by atoms with Gasteiger partial charge in [0.05, 0.1) is 11.9 Å². The lowest BCUT2D eigenvalue weighted by Crippen LogP contribution is -2.03. The molecule has 0 bridgehead atoms. The minimum Gasteiger partial charge on any atom is -0.457 e. The molecule has 2 heterocycles. The second-order valence-electron chi connectivity index (χ2n) is 6.99. The Morgan fingerprint density at radius 2 is 1.55 bits per heavy atom. The van der Waals surface area contributed by atoms with Crippen LogP contribution in [0, 0.1) is 0 Å². The summed E-state index contributed by atoms with van der Waals surface area (Å²) in [5.74, 6) is 1.90. The molecule has 6 nitrogen and oxygen atoms in total. The van der Waals surface area contributed by atoms with Gasteiger partial charge in [0.25, 0.3) is 0 Å². The maximum atomic E-state index is 6.35. The van der Waals surface area contributed by atoms with E-state index in [4.69, 9.17) is 27.2 Å². The van der Waals surface area contributed by atoms with Crippen molar-refractivity contribution in [3.8, 4) is 22.8 Å². The van der Waals surface area contributed by atoms with Crippen molar-refractivity contribution in [2.75, 3.05) is 5.73 Å². The van der Waals surface area contributed by atoms with Crippen molar-refractivity contribution in [1.82, 2.24) is 19.7 Å². The highest BCUT2D eigenvalue weighted by Crippen LogP contribution is 2.32. The number of hydrogen-bond donors (Lipinski definition) is 1. The Labute approximate surface area is 183 Å². The summed E-state index contributed by atoms with van der Waals surface area (Å²) in [4.78, 5) is 8.60. The maximum absolute atomic E-state index is 6.35. The van der Waals surface area contributed by atoms with Crippen molar-refractivity contribution in [3.63, 3.8) is 0 Å². The number of aromatic nitrogens is 4. The van der Waals surface area contributed by atoms with Crippen LogP contribution < -0.4 is 10.5 Å². The molecule has 5 aromatic rings. The van der Waals surface area contributed by atoms with Crippen LogP contribution in [0.2, 0.25) is 5.02 Å². The third-order valence-electron chi connectivity index (χ3n) is 4.94. The Bertz CT molecular complexity index is 1350. The van der Waals surface area contributed by atoms with Crippen LogP contribution in [0.15, 0.2) is 85.2 Å². The van der Waals surface area contributed by atoms with Crippen molar-refractivity contribution in [2.24, 2.45) is 0 Å². The average Bonchev–Trinajstić information content (AvgIpc) is 3.16. The molecule has 2 aromatic heterocycles. The highest BCUT2D eigenvalue weighted by Gasteiger charge is 2.18. The van der Waals surface area contributed by atoms with Gasteiger partial charge in [0.1, 0.15) is 29.3 Å². The lowest BCUT2D eigenvalue weighted by Gasteiger charge is -2.06. The second kappa shape index (κ2) is 8.08. The number of nitrogens with zero attached hydrogens (tertiary/aromatic N) is 4. The van der Waals surface area contributed by atoms with Crippen LogP contribution >= 0.6 is 11.6 Å². The van der Waals surface area contributed by atoms with Gasteiger partial charge in [0, 0.05) is 10.6 Å². The number of nitrogen functional groups attached to an aromatic ring is 1. The highest BCUT2D eigenvalue weighted by molar-refractivity contribution is 6.31. The molecule has 0 saturated carbocycles. The first kappa shape index (κ1) is 19.1. The molecule has 0 aliphatic carbocycles. The van der Waals surface area contributed by atoms with Gasteiger partial charge in [-0.2, -0.15) is 5.10 Å². The molecule has 0 unspecified atom stereocenters. The first-order valence-electron chi connectivity index (χ1n) is 9.73. The fourth-order valence-corrected chi connectivity index (χ4v) is 3.63. The molecule has 0 aliphatic rings. The summed E-state index contributed by atoms with van der Waals surface area (Å²) in [7, 11) is 0. The van der Waals surface area contributed by atoms with Gasteiger partial charge < -0.3 is 10.5 Å². The average molecular weight is 428 g/mol. The van der Waals surface area contributed by atoms with E-state index in [1.54, 1.807) is 4.68 Å². The Hall–Kier alpha value is -3.90. The molecule has 7 heteroatoms. The van der Waals surface area contributed by atoms with Gasteiger partial charge in [-0.1, -0.05) is 48.0 Å². The van der Waals surface area contributed by atoms with Crippen LogP contribution in [-0.4, -0.2) is 19.7 Å². The Morgan fingerprint density at radius 1 is 0.839 bits per heavy atom. The van der Waals surface area contributed by atoms with Gasteiger partial charge in [-0.05, 0) is 48.0 Å². The topological polar surface area (TPSA) is 78.8 Å². The van der Waals surface area contributed by atoms with Gasteiger partial charge in [-0.15, -0.1) is 0 Å². The number of halogens is 1. The minimum absolute atomic E-state index is 0.384. The van der Waals surface area contributed by atoms with Crippen molar-refractivity contribution in [1.29, 1.82) is 0 Å². The summed E-state index contributed by atoms with van der Waals surface area (Å²) in [6.07, 6.45) is 1.45. The van der Waals surface area contributed by atoms with Crippen molar-refractivity contribution < 1.29 is 4.74 Å². The smallest absolute Gasteiger partial charge is 0.164 e. The van der Waals surface area contributed by atoms with Crippen LogP contribution in [0.25, 0.3) is 22.3 Å². The fraction of sp³-hybridized carbons (Fsp3) is 0.0417. The molecule has 0 atom stereocenters. The number of rotatable bonds is 5. The lowest BCUT2D eigenvalue weighted by atomic mass is 10.1. The Morgan fingerprint density at radius 3 is 2.32 bits per heavy atom. The normalized spacial score (nSPS) is 11.0. The summed E-state index contributed by atoms with van der Waals surface area (Å²) in [6.45, 7) is 0.474. The van der Waals surface area contributed by atoms with Gasteiger partial charge in [-0.3, -0.25) is 0 Å². The van der Waals surface area contributed by atoms with E-state index in [1.165, 1.54) is 6.33 Å². The molecule has 0 fully saturated rings. The van der Waals surface area contributed by atoms with E-state index < -0.39 is 0 Å². The number of para-hydroxylation sites is 1. The standard InChI is InChI=1S/C24H18ClN5O/c25-20-9-5-4-6-17(20)14-30-24-21(23(26)27-15-28-24)22(29-30)16-10-12-19(13-11-16)31-18-7-2-1-3-8-18/h1-13,15H,14H2,(H2,26,27,28). The quantitative estimate of drug-likeness (QED) is 0.396. The fourth-order valence-electron chi connectivity index (χ4n) is 3.44. The summed E-state index contributed by atoms with van der Waals surface area (Å²) in [5, 5.41) is 6.20. The molecule has 3 aromatic carbocycles. The summed E-state index contributed by atoms with van der Waals surface area (Å²) in [6, 6.07) is 25.0. The first-order chi connectivity index (χ1) is 15.2. The highest BCUT2D eigenvalue weighted by atomic mass is 35.5. The molecule has 152 valence electrons. The maximum Gasteiger partial charge on any atom is 0.164 e. The minimum atomic E-state index is 0.384. The molecule has 0 radical (unpaired) electrons. The number of fused-ring (bicyclic) bond motifs is 1. The molecular weight excluding hydrogens is 410 g/mol. The van der Waals surface area contributed by atoms with Crippen LogP contribution in [0.3, 0.4) is 0 Å². The van der Waals surface area contributed by atoms with E-state index in [2.05, 4.69) is 9.97 Å². The predicted molar refractivity (Wildman–Crippen MR) is 122 cm³/mol. The van der Waals surface area contributed by atoms with Crippen LogP contribution in [-0.2, 0) is 6.54 Å².